The number of benzene rings is 1. The average Bonchev–Trinajstić information content (AvgIpc) is 2.17. The number of hydrogen-bond donors (Lipinski definition) is 1. The summed E-state index contributed by atoms with van der Waals surface area (Å²) in [4.78, 5) is 2.18. The smallest absolute Gasteiger partial charge is 0.0735 e. The molecule has 3 heteroatoms. The van der Waals surface area contributed by atoms with Gasteiger partial charge in [-0.25, -0.2) is 0 Å². The third-order valence-electron chi connectivity index (χ3n) is 3.06. The number of likely N-dealkylation sites (N-methyl/N-ethyl adjacent to an activating group) is 1. The van der Waals surface area contributed by atoms with Crippen LogP contribution in [0.1, 0.15) is 17.9 Å². The number of nitrogens with zero attached hydrogens (tertiary/aromatic N) is 1. The van der Waals surface area contributed by atoms with Crippen LogP contribution in [0.5, 0.6) is 0 Å². The van der Waals surface area contributed by atoms with E-state index in [0.29, 0.717) is 5.92 Å². The highest BCUT2D eigenvalue weighted by Gasteiger charge is 2.26. The van der Waals surface area contributed by atoms with E-state index >= 15 is 0 Å². The first-order chi connectivity index (χ1) is 7.16. The third kappa shape index (κ3) is 2.60. The minimum atomic E-state index is -0.238. The van der Waals surface area contributed by atoms with E-state index in [2.05, 4.69) is 40.0 Å². The lowest BCUT2D eigenvalue weighted by Crippen LogP contribution is -2.40. The first-order valence-electron chi connectivity index (χ1n) is 5.29. The topological polar surface area (TPSA) is 23.5 Å². The maximum Gasteiger partial charge on any atom is 0.0735 e. The van der Waals surface area contributed by atoms with Crippen LogP contribution < -0.4 is 0 Å². The van der Waals surface area contributed by atoms with E-state index < -0.39 is 0 Å². The number of piperidine rings is 1. The summed E-state index contributed by atoms with van der Waals surface area (Å²) in [5.74, 6) is 0.290. The molecule has 0 radical (unpaired) electrons. The maximum absolute atomic E-state index is 10.0. The van der Waals surface area contributed by atoms with E-state index in [-0.39, 0.29) is 6.10 Å². The van der Waals surface area contributed by atoms with Crippen LogP contribution in [0.15, 0.2) is 28.7 Å². The zero-order valence-corrected chi connectivity index (χ0v) is 10.4. The van der Waals surface area contributed by atoms with Gasteiger partial charge in [-0.15, -0.1) is 0 Å². The van der Waals surface area contributed by atoms with Crippen LogP contribution in [0.3, 0.4) is 0 Å². The van der Waals surface area contributed by atoms with Crippen molar-refractivity contribution in [1.29, 1.82) is 0 Å². The second kappa shape index (κ2) is 4.64. The molecule has 1 heterocycles. The summed E-state index contributed by atoms with van der Waals surface area (Å²) >= 11 is 3.47. The van der Waals surface area contributed by atoms with Gasteiger partial charge in [-0.1, -0.05) is 28.1 Å². The molecule has 1 N–H and O–H groups in total. The Bertz CT molecular complexity index is 342. The van der Waals surface area contributed by atoms with Crippen molar-refractivity contribution in [3.8, 4) is 0 Å². The molecule has 1 aromatic rings. The monoisotopic (exact) mass is 269 g/mol. The van der Waals surface area contributed by atoms with Crippen molar-refractivity contribution in [3.05, 3.63) is 34.3 Å². The zero-order valence-electron chi connectivity index (χ0n) is 8.86. The largest absolute Gasteiger partial charge is 0.391 e. The SMILES string of the molecule is CN1CCC(c2cccc(Br)c2)[C@@H](O)C1. The van der Waals surface area contributed by atoms with Crippen molar-refractivity contribution >= 4 is 15.9 Å². The van der Waals surface area contributed by atoms with Gasteiger partial charge in [0.25, 0.3) is 0 Å². The molecule has 2 rings (SSSR count). The molecule has 0 spiro atoms. The molecule has 0 aromatic heterocycles. The molecular formula is C12H16BrNO. The Kier molecular flexibility index (Phi) is 3.44. The molecule has 0 saturated carbocycles. The first kappa shape index (κ1) is 11.1. The van der Waals surface area contributed by atoms with Crippen molar-refractivity contribution in [2.45, 2.75) is 18.4 Å². The summed E-state index contributed by atoms with van der Waals surface area (Å²) < 4.78 is 1.09. The fraction of sp³-hybridized carbons (Fsp3) is 0.500. The molecule has 82 valence electrons. The van der Waals surface area contributed by atoms with Gasteiger partial charge in [-0.2, -0.15) is 0 Å². The molecular weight excluding hydrogens is 254 g/mol. The van der Waals surface area contributed by atoms with Crippen LogP contribution in [0, 0.1) is 0 Å². The molecule has 1 aliphatic heterocycles. The lowest BCUT2D eigenvalue weighted by atomic mass is 9.87. The van der Waals surface area contributed by atoms with Gasteiger partial charge in [0.05, 0.1) is 6.10 Å². The van der Waals surface area contributed by atoms with Crippen molar-refractivity contribution in [2.24, 2.45) is 0 Å². The number of aliphatic hydroxyl groups is 1. The fourth-order valence-electron chi connectivity index (χ4n) is 2.22. The summed E-state index contributed by atoms with van der Waals surface area (Å²) in [7, 11) is 2.06. The summed E-state index contributed by atoms with van der Waals surface area (Å²) in [5, 5.41) is 10.0. The number of halogens is 1. The highest BCUT2D eigenvalue weighted by Crippen LogP contribution is 2.29. The Morgan fingerprint density at radius 2 is 2.27 bits per heavy atom. The minimum absolute atomic E-state index is 0.238. The number of rotatable bonds is 1. The quantitative estimate of drug-likeness (QED) is 0.846. The number of β-amino-alcohol motifs (C(OH)–C–C–N with tert-alkyl or cyclic N) is 1. The van der Waals surface area contributed by atoms with Gasteiger partial charge >= 0.3 is 0 Å². The molecule has 1 aromatic carbocycles. The van der Waals surface area contributed by atoms with Gasteiger partial charge < -0.3 is 10.0 Å². The molecule has 0 aliphatic carbocycles. The van der Waals surface area contributed by atoms with Crippen molar-refractivity contribution in [2.75, 3.05) is 20.1 Å². The molecule has 1 aliphatic rings. The van der Waals surface area contributed by atoms with E-state index in [1.165, 1.54) is 5.56 Å². The molecule has 0 bridgehead atoms. The molecule has 0 amide bonds. The maximum atomic E-state index is 10.0. The van der Waals surface area contributed by atoms with Crippen LogP contribution in [0.2, 0.25) is 0 Å². The summed E-state index contributed by atoms with van der Waals surface area (Å²) in [5.41, 5.74) is 1.24. The normalized spacial score (nSPS) is 27.9. The van der Waals surface area contributed by atoms with Crippen LogP contribution in [-0.4, -0.2) is 36.2 Å². The number of hydrogen-bond acceptors (Lipinski definition) is 2. The average molecular weight is 270 g/mol. The van der Waals surface area contributed by atoms with E-state index in [1.807, 2.05) is 12.1 Å². The summed E-state index contributed by atoms with van der Waals surface area (Å²) in [6.45, 7) is 1.84. The van der Waals surface area contributed by atoms with Crippen molar-refractivity contribution in [3.63, 3.8) is 0 Å². The minimum Gasteiger partial charge on any atom is -0.391 e. The van der Waals surface area contributed by atoms with Gasteiger partial charge in [0, 0.05) is 16.9 Å². The predicted molar refractivity (Wildman–Crippen MR) is 65.0 cm³/mol. The second-order valence-electron chi connectivity index (χ2n) is 4.28. The van der Waals surface area contributed by atoms with Gasteiger partial charge in [-0.3, -0.25) is 0 Å². The Morgan fingerprint density at radius 3 is 2.93 bits per heavy atom. The first-order valence-corrected chi connectivity index (χ1v) is 6.08. The number of aliphatic hydroxyl groups excluding tert-OH is 1. The highest BCUT2D eigenvalue weighted by molar-refractivity contribution is 9.10. The van der Waals surface area contributed by atoms with Gasteiger partial charge in [0.1, 0.15) is 0 Å². The lowest BCUT2D eigenvalue weighted by Gasteiger charge is -2.34. The Labute approximate surface area is 99.0 Å². The Morgan fingerprint density at radius 1 is 1.47 bits per heavy atom. The summed E-state index contributed by atoms with van der Waals surface area (Å²) in [6, 6.07) is 8.26. The van der Waals surface area contributed by atoms with Crippen LogP contribution in [-0.2, 0) is 0 Å². The van der Waals surface area contributed by atoms with Crippen molar-refractivity contribution in [1.82, 2.24) is 4.90 Å². The third-order valence-corrected chi connectivity index (χ3v) is 3.56. The lowest BCUT2D eigenvalue weighted by molar-refractivity contribution is 0.0638. The van der Waals surface area contributed by atoms with Gasteiger partial charge in [-0.05, 0) is 37.7 Å². The molecule has 2 atom stereocenters. The van der Waals surface area contributed by atoms with Crippen LogP contribution in [0.4, 0.5) is 0 Å². The van der Waals surface area contributed by atoms with Crippen LogP contribution >= 0.6 is 15.9 Å². The predicted octanol–water partition coefficient (Wildman–Crippen LogP) is 2.23. The molecule has 2 nitrogen and oxygen atoms in total. The second-order valence-corrected chi connectivity index (χ2v) is 5.20. The van der Waals surface area contributed by atoms with E-state index in [9.17, 15) is 5.11 Å². The highest BCUT2D eigenvalue weighted by atomic mass is 79.9. The summed E-state index contributed by atoms with van der Waals surface area (Å²) in [6.07, 6.45) is 0.798. The van der Waals surface area contributed by atoms with Crippen molar-refractivity contribution < 1.29 is 5.11 Å². The van der Waals surface area contributed by atoms with E-state index in [4.69, 9.17) is 0 Å². The Hall–Kier alpha value is -0.380. The molecule has 15 heavy (non-hydrogen) atoms. The number of likely N-dealkylation sites (tertiary alicyclic amines) is 1. The van der Waals surface area contributed by atoms with E-state index in [1.54, 1.807) is 0 Å². The molecule has 1 unspecified atom stereocenters. The zero-order chi connectivity index (χ0) is 10.8. The van der Waals surface area contributed by atoms with E-state index in [0.717, 1.165) is 24.0 Å². The fourth-order valence-corrected chi connectivity index (χ4v) is 2.63. The standard InChI is InChI=1S/C12H16BrNO/c1-14-6-5-11(12(15)8-14)9-3-2-4-10(13)7-9/h2-4,7,11-12,15H,5-6,8H2,1H3/t11?,12-/m0/s1. The van der Waals surface area contributed by atoms with Gasteiger partial charge in [0.2, 0.25) is 0 Å². The molecule has 1 saturated heterocycles. The van der Waals surface area contributed by atoms with Crippen LogP contribution in [0.25, 0.3) is 0 Å². The molecule has 1 fully saturated rings. The Balaban J connectivity index is 2.17. The van der Waals surface area contributed by atoms with Gasteiger partial charge in [0.15, 0.2) is 0 Å².